The first-order valence-electron chi connectivity index (χ1n) is 5.99. The number of primary amides is 1. The maximum absolute atomic E-state index is 11.7. The van der Waals surface area contributed by atoms with Gasteiger partial charge < -0.3 is 10.5 Å². The largest absolute Gasteiger partial charge is 0.449 e. The Morgan fingerprint density at radius 3 is 2.17 bits per heavy atom. The Morgan fingerprint density at radius 2 is 1.72 bits per heavy atom. The van der Waals surface area contributed by atoms with Crippen molar-refractivity contribution in [1.29, 1.82) is 0 Å². The van der Waals surface area contributed by atoms with Crippen molar-refractivity contribution in [3.05, 3.63) is 35.4 Å². The Morgan fingerprint density at radius 1 is 1.17 bits per heavy atom. The molecule has 0 unspecified atom stereocenters. The molecule has 0 spiro atoms. The molecule has 0 aromatic heterocycles. The van der Waals surface area contributed by atoms with Crippen LogP contribution in [0.2, 0.25) is 0 Å². The molecule has 0 saturated heterocycles. The third kappa shape index (κ3) is 4.20. The molecule has 0 heterocycles. The van der Waals surface area contributed by atoms with Crippen molar-refractivity contribution in [2.24, 2.45) is 11.7 Å². The van der Waals surface area contributed by atoms with Crippen LogP contribution in [0, 0.1) is 5.92 Å². The molecule has 0 bridgehead atoms. The maximum Gasteiger partial charge on any atom is 0.338 e. The van der Waals surface area contributed by atoms with E-state index in [1.807, 2.05) is 12.1 Å². The number of nitrogens with two attached hydrogens (primary N) is 1. The van der Waals surface area contributed by atoms with Crippen molar-refractivity contribution in [1.82, 2.24) is 0 Å². The number of amides is 1. The fourth-order valence-corrected chi connectivity index (χ4v) is 1.53. The van der Waals surface area contributed by atoms with Crippen molar-refractivity contribution in [2.75, 3.05) is 0 Å². The minimum atomic E-state index is -0.909. The van der Waals surface area contributed by atoms with Crippen molar-refractivity contribution < 1.29 is 14.3 Å². The normalized spacial score (nSPS) is 12.2. The molecule has 0 aliphatic heterocycles. The molecule has 0 radical (unpaired) electrons. The Balaban J connectivity index is 2.67. The molecule has 1 aromatic rings. The summed E-state index contributed by atoms with van der Waals surface area (Å²) in [5, 5.41) is 0. The second-order valence-electron chi connectivity index (χ2n) is 4.74. The van der Waals surface area contributed by atoms with Gasteiger partial charge in [-0.3, -0.25) is 4.79 Å². The molecule has 0 saturated carbocycles. The summed E-state index contributed by atoms with van der Waals surface area (Å²) < 4.78 is 4.91. The number of carbonyl (C=O) groups excluding carboxylic acids is 2. The number of benzene rings is 1. The number of rotatable bonds is 5. The van der Waals surface area contributed by atoms with E-state index in [1.54, 1.807) is 12.1 Å². The molecule has 18 heavy (non-hydrogen) atoms. The highest BCUT2D eigenvalue weighted by Crippen LogP contribution is 2.11. The minimum absolute atomic E-state index is 0.426. The van der Waals surface area contributed by atoms with Crippen LogP contribution in [0.1, 0.15) is 36.7 Å². The summed E-state index contributed by atoms with van der Waals surface area (Å²) in [6, 6.07) is 7.19. The van der Waals surface area contributed by atoms with Gasteiger partial charge in [-0.05, 0) is 37.0 Å². The van der Waals surface area contributed by atoms with Crippen LogP contribution in [0.25, 0.3) is 0 Å². The van der Waals surface area contributed by atoms with Gasteiger partial charge in [-0.25, -0.2) is 4.79 Å². The van der Waals surface area contributed by atoms with Crippen LogP contribution >= 0.6 is 0 Å². The van der Waals surface area contributed by atoms with Gasteiger partial charge >= 0.3 is 5.97 Å². The van der Waals surface area contributed by atoms with E-state index in [-0.39, 0.29) is 0 Å². The predicted octanol–water partition coefficient (Wildman–Crippen LogP) is 1.92. The number of carbonyl (C=O) groups is 2. The summed E-state index contributed by atoms with van der Waals surface area (Å²) in [4.78, 5) is 22.4. The molecule has 4 nitrogen and oxygen atoms in total. The van der Waals surface area contributed by atoms with Crippen molar-refractivity contribution in [3.63, 3.8) is 0 Å². The monoisotopic (exact) mass is 249 g/mol. The van der Waals surface area contributed by atoms with Crippen LogP contribution in [0.3, 0.4) is 0 Å². The third-order valence-electron chi connectivity index (χ3n) is 2.52. The van der Waals surface area contributed by atoms with E-state index in [0.29, 0.717) is 11.5 Å². The summed E-state index contributed by atoms with van der Waals surface area (Å²) in [5.41, 5.74) is 6.62. The van der Waals surface area contributed by atoms with E-state index < -0.39 is 18.0 Å². The second-order valence-corrected chi connectivity index (χ2v) is 4.74. The number of ether oxygens (including phenoxy) is 1. The van der Waals surface area contributed by atoms with E-state index in [0.717, 1.165) is 6.42 Å². The SMILES string of the molecule is CC(C)Cc1ccc(C(=O)O[C@H](C)C(N)=O)cc1. The molecule has 0 aliphatic carbocycles. The highest BCUT2D eigenvalue weighted by Gasteiger charge is 2.15. The lowest BCUT2D eigenvalue weighted by Gasteiger charge is -2.10. The van der Waals surface area contributed by atoms with E-state index in [9.17, 15) is 9.59 Å². The lowest BCUT2D eigenvalue weighted by Crippen LogP contribution is -2.30. The highest BCUT2D eigenvalue weighted by atomic mass is 16.5. The van der Waals surface area contributed by atoms with Crippen LogP contribution in [0.4, 0.5) is 0 Å². The Hall–Kier alpha value is -1.84. The minimum Gasteiger partial charge on any atom is -0.449 e. The summed E-state index contributed by atoms with van der Waals surface area (Å²) >= 11 is 0. The molecular weight excluding hydrogens is 230 g/mol. The molecule has 4 heteroatoms. The molecule has 2 N–H and O–H groups in total. The zero-order valence-corrected chi connectivity index (χ0v) is 11.0. The first kappa shape index (κ1) is 14.2. The van der Waals surface area contributed by atoms with Gasteiger partial charge in [0.15, 0.2) is 6.10 Å². The van der Waals surface area contributed by atoms with Gasteiger partial charge in [-0.2, -0.15) is 0 Å². The highest BCUT2D eigenvalue weighted by molar-refractivity contribution is 5.91. The molecule has 1 aromatic carbocycles. The Kier molecular flexibility index (Phi) is 4.89. The topological polar surface area (TPSA) is 69.4 Å². The lowest BCUT2D eigenvalue weighted by molar-refractivity contribution is -0.125. The van der Waals surface area contributed by atoms with Crippen LogP contribution in [-0.4, -0.2) is 18.0 Å². The van der Waals surface area contributed by atoms with Gasteiger partial charge in [-0.1, -0.05) is 26.0 Å². The fourth-order valence-electron chi connectivity index (χ4n) is 1.53. The average Bonchev–Trinajstić information content (AvgIpc) is 2.28. The fraction of sp³-hybridized carbons (Fsp3) is 0.429. The molecule has 1 amide bonds. The van der Waals surface area contributed by atoms with Crippen molar-refractivity contribution >= 4 is 11.9 Å². The summed E-state index contributed by atoms with van der Waals surface area (Å²) in [5.74, 6) is -0.616. The van der Waals surface area contributed by atoms with Crippen molar-refractivity contribution in [2.45, 2.75) is 33.3 Å². The number of hydrogen-bond acceptors (Lipinski definition) is 3. The maximum atomic E-state index is 11.7. The van der Waals surface area contributed by atoms with Gasteiger partial charge in [0, 0.05) is 0 Å². The Labute approximate surface area is 107 Å². The van der Waals surface area contributed by atoms with E-state index in [2.05, 4.69) is 13.8 Å². The zero-order valence-electron chi connectivity index (χ0n) is 11.0. The van der Waals surface area contributed by atoms with Crippen molar-refractivity contribution in [3.8, 4) is 0 Å². The smallest absolute Gasteiger partial charge is 0.338 e. The first-order valence-corrected chi connectivity index (χ1v) is 5.99. The summed E-state index contributed by atoms with van der Waals surface area (Å²) in [6.45, 7) is 5.72. The Bertz CT molecular complexity index is 423. The van der Waals surface area contributed by atoms with Gasteiger partial charge in [-0.15, -0.1) is 0 Å². The van der Waals surface area contributed by atoms with E-state index in [4.69, 9.17) is 10.5 Å². The van der Waals surface area contributed by atoms with Gasteiger partial charge in [0.25, 0.3) is 5.91 Å². The van der Waals surface area contributed by atoms with Crippen LogP contribution < -0.4 is 5.73 Å². The zero-order chi connectivity index (χ0) is 13.7. The summed E-state index contributed by atoms with van der Waals surface area (Å²) in [6.07, 6.45) is 0.0559. The second kappa shape index (κ2) is 6.19. The predicted molar refractivity (Wildman–Crippen MR) is 69.1 cm³/mol. The standard InChI is InChI=1S/C14H19NO3/c1-9(2)8-11-4-6-12(7-5-11)14(17)18-10(3)13(15)16/h4-7,9-10H,8H2,1-3H3,(H2,15,16)/t10-/m1/s1. The van der Waals surface area contributed by atoms with Crippen LogP contribution in [0.15, 0.2) is 24.3 Å². The molecular formula is C14H19NO3. The van der Waals surface area contributed by atoms with E-state index in [1.165, 1.54) is 12.5 Å². The van der Waals surface area contributed by atoms with Gasteiger partial charge in [0.2, 0.25) is 0 Å². The lowest BCUT2D eigenvalue weighted by atomic mass is 10.0. The molecule has 1 rings (SSSR count). The first-order chi connectivity index (χ1) is 8.40. The number of hydrogen-bond donors (Lipinski definition) is 1. The molecule has 0 aliphatic rings. The van der Waals surface area contributed by atoms with Gasteiger partial charge in [0.1, 0.15) is 0 Å². The molecule has 0 fully saturated rings. The third-order valence-corrected chi connectivity index (χ3v) is 2.52. The van der Waals surface area contributed by atoms with E-state index >= 15 is 0 Å². The van der Waals surface area contributed by atoms with Crippen LogP contribution in [0.5, 0.6) is 0 Å². The van der Waals surface area contributed by atoms with Gasteiger partial charge in [0.05, 0.1) is 5.56 Å². The molecule has 1 atom stereocenters. The quantitative estimate of drug-likeness (QED) is 0.810. The number of esters is 1. The van der Waals surface area contributed by atoms with Crippen LogP contribution in [-0.2, 0) is 16.0 Å². The average molecular weight is 249 g/mol. The summed E-state index contributed by atoms with van der Waals surface area (Å²) in [7, 11) is 0. The molecule has 98 valence electrons.